The molecule has 1 unspecified atom stereocenters. The molecule has 14 heteroatoms. The van der Waals surface area contributed by atoms with E-state index in [1.54, 1.807) is 36.1 Å². The number of imide groups is 1. The summed E-state index contributed by atoms with van der Waals surface area (Å²) in [5.74, 6) is -3.18. The smallest absolute Gasteiger partial charge is 0.465 e. The van der Waals surface area contributed by atoms with Crippen molar-refractivity contribution in [1.82, 2.24) is 9.63 Å². The summed E-state index contributed by atoms with van der Waals surface area (Å²) < 4.78 is 78.2. The van der Waals surface area contributed by atoms with Gasteiger partial charge in [0.15, 0.2) is 0 Å². The summed E-state index contributed by atoms with van der Waals surface area (Å²) in [5, 5.41) is 0.847. The van der Waals surface area contributed by atoms with Crippen molar-refractivity contribution in [1.29, 1.82) is 0 Å². The quantitative estimate of drug-likeness (QED) is 0.154. The van der Waals surface area contributed by atoms with Crippen molar-refractivity contribution < 1.29 is 49.7 Å². The second-order valence-corrected chi connectivity index (χ2v) is 11.0. The van der Waals surface area contributed by atoms with Gasteiger partial charge in [-0.1, -0.05) is 30.3 Å². The lowest BCUT2D eigenvalue weighted by Crippen LogP contribution is -2.44. The summed E-state index contributed by atoms with van der Waals surface area (Å²) in [7, 11) is -4.73. The van der Waals surface area contributed by atoms with Gasteiger partial charge in [0, 0.05) is 35.9 Å². The first kappa shape index (κ1) is 29.2. The van der Waals surface area contributed by atoms with Crippen LogP contribution in [-0.4, -0.2) is 61.2 Å². The van der Waals surface area contributed by atoms with Crippen LogP contribution in [0.2, 0.25) is 0 Å². The Morgan fingerprint density at radius 3 is 2.31 bits per heavy atom. The molecule has 0 radical (unpaired) electrons. The molecular formula is C28H23F3N2O8S. The summed E-state index contributed by atoms with van der Waals surface area (Å²) in [4.78, 5) is 38.7. The number of methoxy groups -OCH3 is 1. The first-order valence-electron chi connectivity index (χ1n) is 12.6. The number of carbonyl (C=O) groups excluding carboxylic acids is 3. The highest BCUT2D eigenvalue weighted by atomic mass is 32.2. The lowest BCUT2D eigenvalue weighted by Gasteiger charge is -2.26. The van der Waals surface area contributed by atoms with E-state index in [1.165, 1.54) is 24.3 Å². The molecule has 0 aliphatic carbocycles. The van der Waals surface area contributed by atoms with Crippen molar-refractivity contribution in [2.75, 3.05) is 13.7 Å². The Morgan fingerprint density at radius 2 is 1.62 bits per heavy atom. The number of para-hydroxylation sites is 1. The van der Waals surface area contributed by atoms with Gasteiger partial charge in [0.2, 0.25) is 0 Å². The van der Waals surface area contributed by atoms with Gasteiger partial charge < -0.3 is 14.0 Å². The van der Waals surface area contributed by atoms with Gasteiger partial charge in [0.05, 0.1) is 41.5 Å². The van der Waals surface area contributed by atoms with E-state index in [2.05, 4.69) is 4.28 Å². The van der Waals surface area contributed by atoms with E-state index in [0.717, 1.165) is 5.39 Å². The van der Waals surface area contributed by atoms with Crippen LogP contribution in [0, 0.1) is 0 Å². The molecule has 0 spiro atoms. The maximum absolute atomic E-state index is 13.0. The van der Waals surface area contributed by atoms with E-state index >= 15 is 0 Å². The molecular weight excluding hydrogens is 581 g/mol. The number of ether oxygens (including phenoxy) is 2. The maximum atomic E-state index is 13.0. The van der Waals surface area contributed by atoms with Crippen molar-refractivity contribution in [3.05, 3.63) is 77.5 Å². The van der Waals surface area contributed by atoms with Crippen LogP contribution in [0.1, 0.15) is 39.6 Å². The average Bonchev–Trinajstić information content (AvgIpc) is 3.30. The predicted molar refractivity (Wildman–Crippen MR) is 143 cm³/mol. The fraction of sp³-hybridized carbons (Fsp3) is 0.250. The minimum absolute atomic E-state index is 0.0346. The molecule has 10 nitrogen and oxygen atoms in total. The third-order valence-electron chi connectivity index (χ3n) is 6.88. The second kappa shape index (κ2) is 10.9. The second-order valence-electron chi connectivity index (χ2n) is 9.51. The molecule has 0 N–H and O–H groups in total. The molecule has 0 fully saturated rings. The van der Waals surface area contributed by atoms with Gasteiger partial charge in [0.25, 0.3) is 11.8 Å². The number of benzene rings is 3. The molecule has 1 aliphatic rings. The summed E-state index contributed by atoms with van der Waals surface area (Å²) in [6.45, 7) is 2.05. The normalized spacial score (nSPS) is 14.5. The number of amides is 2. The molecule has 1 aliphatic heterocycles. The highest BCUT2D eigenvalue weighted by molar-refractivity contribution is 7.87. The van der Waals surface area contributed by atoms with Crippen LogP contribution in [0.25, 0.3) is 27.4 Å². The summed E-state index contributed by atoms with van der Waals surface area (Å²) in [6, 6.07) is 14.3. The monoisotopic (exact) mass is 604 g/mol. The molecule has 42 heavy (non-hydrogen) atoms. The van der Waals surface area contributed by atoms with Crippen molar-refractivity contribution >= 4 is 49.6 Å². The van der Waals surface area contributed by atoms with E-state index in [0.29, 0.717) is 28.6 Å². The zero-order valence-corrected chi connectivity index (χ0v) is 23.0. The Kier molecular flexibility index (Phi) is 7.55. The molecule has 3 aromatic carbocycles. The topological polar surface area (TPSA) is 121 Å². The average molecular weight is 605 g/mol. The zero-order valence-electron chi connectivity index (χ0n) is 22.2. The van der Waals surface area contributed by atoms with Gasteiger partial charge in [-0.15, -0.1) is 9.35 Å². The van der Waals surface area contributed by atoms with Crippen LogP contribution < -0.4 is 0 Å². The summed E-state index contributed by atoms with van der Waals surface area (Å²) in [5.41, 5.74) is -4.47. The van der Waals surface area contributed by atoms with Gasteiger partial charge in [-0.2, -0.15) is 21.6 Å². The molecule has 2 amide bonds. The highest BCUT2D eigenvalue weighted by Crippen LogP contribution is 2.37. The number of carbonyl (C=O) groups is 3. The van der Waals surface area contributed by atoms with Crippen LogP contribution in [0.15, 0.2) is 60.8 Å². The third-order valence-corrected chi connectivity index (χ3v) is 7.79. The Hall–Kier alpha value is -4.27. The minimum atomic E-state index is -6.29. The Labute approximate surface area is 237 Å². The molecule has 0 saturated carbocycles. The molecule has 2 heterocycles. The number of halogens is 3. The summed E-state index contributed by atoms with van der Waals surface area (Å²) >= 11 is 0. The largest absolute Gasteiger partial charge is 0.525 e. The standard InChI is InChI=1S/C28H23F3N2O8S/c1-16(39-2)12-13-40-24(34)14-17-15-32(22-9-4-3-6-18(17)22)23-11-10-21-25-19(23)7-5-8-20(25)26(35)33(27(21)36)41-42(37,38)28(29,30)31/h3-11,15-16H,12-14H2,1-2H3. The number of hydroxylamine groups is 2. The molecule has 0 bridgehead atoms. The predicted octanol–water partition coefficient (Wildman–Crippen LogP) is 4.67. The number of aromatic nitrogens is 1. The van der Waals surface area contributed by atoms with E-state index in [9.17, 15) is 36.0 Å². The van der Waals surface area contributed by atoms with E-state index in [-0.39, 0.29) is 35.6 Å². The molecule has 4 aromatic rings. The van der Waals surface area contributed by atoms with Crippen LogP contribution in [0.5, 0.6) is 0 Å². The van der Waals surface area contributed by atoms with Crippen molar-refractivity contribution in [2.45, 2.75) is 31.4 Å². The first-order valence-corrected chi connectivity index (χ1v) is 14.0. The maximum Gasteiger partial charge on any atom is 0.525 e. The van der Waals surface area contributed by atoms with Gasteiger partial charge in [0.1, 0.15) is 0 Å². The van der Waals surface area contributed by atoms with E-state index in [1.807, 2.05) is 19.1 Å². The van der Waals surface area contributed by atoms with Gasteiger partial charge in [-0.05, 0) is 36.8 Å². The number of fused-ring (bicyclic) bond motifs is 1. The zero-order chi connectivity index (χ0) is 30.4. The van der Waals surface area contributed by atoms with Crippen LogP contribution >= 0.6 is 0 Å². The number of alkyl halides is 3. The molecule has 0 saturated heterocycles. The fourth-order valence-electron chi connectivity index (χ4n) is 4.73. The number of hydrogen-bond acceptors (Lipinski definition) is 8. The number of rotatable bonds is 9. The Morgan fingerprint density at radius 1 is 0.952 bits per heavy atom. The lowest BCUT2D eigenvalue weighted by molar-refractivity contribution is -0.143. The van der Waals surface area contributed by atoms with Gasteiger partial charge in [-0.3, -0.25) is 14.4 Å². The molecule has 220 valence electrons. The van der Waals surface area contributed by atoms with Crippen LogP contribution in [-0.2, 0) is 35.1 Å². The van der Waals surface area contributed by atoms with Crippen molar-refractivity contribution in [2.24, 2.45) is 0 Å². The van der Waals surface area contributed by atoms with Crippen LogP contribution in [0.3, 0.4) is 0 Å². The first-order chi connectivity index (χ1) is 19.8. The summed E-state index contributed by atoms with van der Waals surface area (Å²) in [6.07, 6.45) is 2.16. The molecule has 5 rings (SSSR count). The molecule has 1 aromatic heterocycles. The fourth-order valence-corrected chi connectivity index (χ4v) is 5.15. The van der Waals surface area contributed by atoms with Gasteiger partial charge in [-0.25, -0.2) is 0 Å². The SMILES string of the molecule is COC(C)CCOC(=O)Cc1cn(-c2ccc3c4c(cccc24)C(=O)N(OS(=O)(=O)C(F)(F)F)C3=O)c2ccccc12. The van der Waals surface area contributed by atoms with Crippen LogP contribution in [0.4, 0.5) is 13.2 Å². The van der Waals surface area contributed by atoms with Crippen molar-refractivity contribution in [3.63, 3.8) is 0 Å². The lowest BCUT2D eigenvalue weighted by atomic mass is 9.94. The highest BCUT2D eigenvalue weighted by Gasteiger charge is 2.51. The number of hydrogen-bond donors (Lipinski definition) is 0. The Balaban J connectivity index is 1.55. The number of nitrogens with zero attached hydrogens (tertiary/aromatic N) is 2. The third kappa shape index (κ3) is 5.12. The van der Waals surface area contributed by atoms with E-state index < -0.39 is 38.5 Å². The van der Waals surface area contributed by atoms with E-state index in [4.69, 9.17) is 9.47 Å². The van der Waals surface area contributed by atoms with Crippen molar-refractivity contribution in [3.8, 4) is 5.69 Å². The molecule has 1 atom stereocenters. The van der Waals surface area contributed by atoms with Gasteiger partial charge >= 0.3 is 21.6 Å². The minimum Gasteiger partial charge on any atom is -0.465 e. The number of esters is 1. The Bertz CT molecular complexity index is 1830.